The third-order valence-electron chi connectivity index (χ3n) is 11.3. The molecule has 1 aliphatic carbocycles. The van der Waals surface area contributed by atoms with Gasteiger partial charge in [0.1, 0.15) is 17.2 Å². The summed E-state index contributed by atoms with van der Waals surface area (Å²) >= 11 is 0. The second-order valence-electron chi connectivity index (χ2n) is 18.8. The number of piperidine rings is 1. The number of likely N-dealkylation sites (tertiary alicyclic amines) is 1. The lowest BCUT2D eigenvalue weighted by atomic mass is 9.81. The van der Waals surface area contributed by atoms with Gasteiger partial charge in [0.05, 0.1) is 11.1 Å². The monoisotopic (exact) mass is 917 g/mol. The number of carbonyl (C=O) groups is 5. The molecule has 19 heteroatoms. The van der Waals surface area contributed by atoms with E-state index in [4.69, 9.17) is 9.47 Å². The minimum atomic E-state index is -4.84. The van der Waals surface area contributed by atoms with Crippen LogP contribution in [0.4, 0.5) is 28.4 Å². The van der Waals surface area contributed by atoms with Gasteiger partial charge in [0, 0.05) is 49.3 Å². The van der Waals surface area contributed by atoms with Crippen LogP contribution in [0.1, 0.15) is 102 Å². The highest BCUT2D eigenvalue weighted by molar-refractivity contribution is 5.98. The minimum absolute atomic E-state index is 0.0670. The van der Waals surface area contributed by atoms with Crippen LogP contribution in [0.15, 0.2) is 66.7 Å². The number of hydrogen-bond donors (Lipinski definition) is 5. The van der Waals surface area contributed by atoms with Crippen LogP contribution in [-0.4, -0.2) is 98.4 Å². The first-order chi connectivity index (χ1) is 31.1. The third kappa shape index (κ3) is 14.0. The Morgan fingerprint density at radius 1 is 0.788 bits per heavy atom. The van der Waals surface area contributed by atoms with E-state index in [9.17, 15) is 37.1 Å². The van der Waals surface area contributed by atoms with Crippen molar-refractivity contribution in [2.75, 3.05) is 25.0 Å². The van der Waals surface area contributed by atoms with Crippen LogP contribution in [0.3, 0.4) is 0 Å². The molecule has 0 spiro atoms. The zero-order valence-corrected chi connectivity index (χ0v) is 38.0. The number of anilines is 1. The molecular weight excluding hydrogens is 860 g/mol. The van der Waals surface area contributed by atoms with Crippen LogP contribution in [0.25, 0.3) is 22.5 Å². The van der Waals surface area contributed by atoms with E-state index in [-0.39, 0.29) is 42.8 Å². The molecule has 1 unspecified atom stereocenters. The molecule has 1 aromatic heterocycles. The Kier molecular flexibility index (Phi) is 15.4. The number of alkyl halides is 3. The van der Waals surface area contributed by atoms with E-state index >= 15 is 0 Å². The Bertz CT molecular complexity index is 2310. The van der Waals surface area contributed by atoms with Crippen LogP contribution in [-0.2, 0) is 31.7 Å². The van der Waals surface area contributed by atoms with Crippen molar-refractivity contribution in [3.8, 4) is 22.5 Å². The molecular formula is C47H58F3N9O7. The summed E-state index contributed by atoms with van der Waals surface area (Å²) < 4.78 is 54.3. The molecule has 3 aromatic carbocycles. The maximum absolute atomic E-state index is 14.5. The number of aromatic amines is 1. The van der Waals surface area contributed by atoms with Crippen molar-refractivity contribution < 1.29 is 46.6 Å². The maximum atomic E-state index is 14.5. The zero-order chi connectivity index (χ0) is 47.8. The Hall–Kier alpha value is -6.53. The molecule has 5 amide bonds. The van der Waals surface area contributed by atoms with E-state index in [0.29, 0.717) is 73.3 Å². The Labute approximate surface area is 381 Å². The average molecular weight is 918 g/mol. The molecule has 1 saturated heterocycles. The smallest absolute Gasteiger partial charge is 0.417 e. The molecule has 4 aromatic rings. The second-order valence-corrected chi connectivity index (χ2v) is 18.8. The summed E-state index contributed by atoms with van der Waals surface area (Å²) in [4.78, 5) is 67.1. The number of benzene rings is 3. The first-order valence-electron chi connectivity index (χ1n) is 22.1. The van der Waals surface area contributed by atoms with E-state index in [1.54, 1.807) is 90.1 Å². The maximum Gasteiger partial charge on any atom is 0.417 e. The van der Waals surface area contributed by atoms with Gasteiger partial charge in [-0.05, 0) is 144 Å². The molecule has 2 fully saturated rings. The molecule has 16 nitrogen and oxygen atoms in total. The van der Waals surface area contributed by atoms with Crippen molar-refractivity contribution in [3.63, 3.8) is 0 Å². The molecule has 1 aliphatic heterocycles. The number of rotatable bonds is 12. The van der Waals surface area contributed by atoms with Crippen molar-refractivity contribution in [1.82, 2.24) is 41.5 Å². The summed E-state index contributed by atoms with van der Waals surface area (Å²) in [7, 11) is 0. The highest BCUT2D eigenvalue weighted by Gasteiger charge is 2.37. The van der Waals surface area contributed by atoms with Gasteiger partial charge < -0.3 is 35.6 Å². The number of ether oxygens (including phenoxy) is 2. The molecule has 1 saturated carbocycles. The Morgan fingerprint density at radius 2 is 1.41 bits per heavy atom. The molecule has 354 valence electrons. The summed E-state index contributed by atoms with van der Waals surface area (Å²) in [5.74, 6) is -1.45. The predicted octanol–water partition coefficient (Wildman–Crippen LogP) is 7.68. The van der Waals surface area contributed by atoms with Gasteiger partial charge in [0.25, 0.3) is 5.91 Å². The Balaban J connectivity index is 1.12. The highest BCUT2D eigenvalue weighted by atomic mass is 19.4. The number of H-pyrrole nitrogens is 1. The van der Waals surface area contributed by atoms with Gasteiger partial charge in [-0.25, -0.2) is 9.59 Å². The SMILES string of the molecule is CC(C)(C)OC(=O)NCC1CCC(C(=O)NC(Cc2ccc(-c3ccc(C(=O)NC4CCN(C(=O)OC(C)(C)C)CC4)c(C(F)(F)F)c3)cc2)C(=O)Nc2ccc(-c3nn[nH]n3)cc2)CC1. The summed E-state index contributed by atoms with van der Waals surface area (Å²) in [6.07, 6.45) is -2.54. The van der Waals surface area contributed by atoms with E-state index < -0.39 is 64.6 Å². The zero-order valence-electron chi connectivity index (χ0n) is 38.0. The number of nitrogens with zero attached hydrogens (tertiary/aromatic N) is 4. The minimum Gasteiger partial charge on any atom is -0.444 e. The first kappa shape index (κ1) is 48.9. The molecule has 1 atom stereocenters. The lowest BCUT2D eigenvalue weighted by Crippen LogP contribution is -2.48. The highest BCUT2D eigenvalue weighted by Crippen LogP contribution is 2.36. The second kappa shape index (κ2) is 20.8. The summed E-state index contributed by atoms with van der Waals surface area (Å²) in [6, 6.07) is 15.5. The molecule has 2 heterocycles. The average Bonchev–Trinajstić information content (AvgIpc) is 3.80. The molecule has 66 heavy (non-hydrogen) atoms. The quantitative estimate of drug-likeness (QED) is 0.0936. The standard InChI is InChI=1S/C47H58F3N9O7/c1-45(2,3)65-43(63)51-27-29-9-13-32(14-10-29)40(60)54-38(42(62)53-34-18-15-31(16-19-34)39-55-57-58-56-39)25-28-7-11-30(12-8-28)33-17-20-36(37(26-33)47(48,49)50)41(61)52-35-21-23-59(24-22-35)44(64)66-46(4,5)6/h7-8,11-12,15-20,26,29,32,35,38H,9-10,13-14,21-25,27H2,1-6H3,(H,51,63)(H,52,61)(H,53,62)(H,54,60)(H,55,56,57,58). The van der Waals surface area contributed by atoms with Crippen LogP contribution < -0.4 is 21.3 Å². The third-order valence-corrected chi connectivity index (χ3v) is 11.3. The van der Waals surface area contributed by atoms with Crippen molar-refractivity contribution in [2.24, 2.45) is 11.8 Å². The van der Waals surface area contributed by atoms with Gasteiger partial charge in [-0.15, -0.1) is 10.2 Å². The van der Waals surface area contributed by atoms with Crippen molar-refractivity contribution in [2.45, 2.75) is 116 Å². The summed E-state index contributed by atoms with van der Waals surface area (Å²) in [5.41, 5.74) is -0.483. The van der Waals surface area contributed by atoms with E-state index in [1.165, 1.54) is 11.0 Å². The normalized spacial score (nSPS) is 17.6. The van der Waals surface area contributed by atoms with Gasteiger partial charge in [-0.1, -0.05) is 30.3 Å². The van der Waals surface area contributed by atoms with Gasteiger partial charge in [-0.2, -0.15) is 18.4 Å². The fourth-order valence-corrected chi connectivity index (χ4v) is 7.91. The van der Waals surface area contributed by atoms with Gasteiger partial charge >= 0.3 is 18.4 Å². The van der Waals surface area contributed by atoms with Crippen LogP contribution in [0.2, 0.25) is 0 Å². The van der Waals surface area contributed by atoms with Crippen molar-refractivity contribution >= 4 is 35.6 Å². The van der Waals surface area contributed by atoms with Gasteiger partial charge in [-0.3, -0.25) is 14.4 Å². The molecule has 5 N–H and O–H groups in total. The first-order valence-corrected chi connectivity index (χ1v) is 22.1. The van der Waals surface area contributed by atoms with Crippen LogP contribution in [0.5, 0.6) is 0 Å². The van der Waals surface area contributed by atoms with E-state index in [1.807, 2.05) is 0 Å². The van der Waals surface area contributed by atoms with E-state index in [2.05, 4.69) is 41.9 Å². The van der Waals surface area contributed by atoms with E-state index in [0.717, 1.165) is 12.1 Å². The van der Waals surface area contributed by atoms with Gasteiger partial charge in [0.2, 0.25) is 17.6 Å². The lowest BCUT2D eigenvalue weighted by molar-refractivity contribution is -0.138. The molecule has 6 rings (SSSR count). The predicted molar refractivity (Wildman–Crippen MR) is 239 cm³/mol. The number of nitrogens with one attached hydrogen (secondary N) is 5. The lowest BCUT2D eigenvalue weighted by Gasteiger charge is -2.33. The number of hydrogen-bond acceptors (Lipinski definition) is 10. The number of halogens is 3. The van der Waals surface area contributed by atoms with Crippen LogP contribution >= 0.6 is 0 Å². The van der Waals surface area contributed by atoms with Crippen LogP contribution in [0, 0.1) is 11.8 Å². The van der Waals surface area contributed by atoms with Gasteiger partial charge in [0.15, 0.2) is 0 Å². The number of carbonyl (C=O) groups excluding carboxylic acids is 5. The number of amides is 5. The van der Waals surface area contributed by atoms with Crippen molar-refractivity contribution in [3.05, 3.63) is 83.4 Å². The Morgan fingerprint density at radius 3 is 2.00 bits per heavy atom. The number of aromatic nitrogens is 4. The van der Waals surface area contributed by atoms with Crippen molar-refractivity contribution in [1.29, 1.82) is 0 Å². The number of alkyl carbamates (subject to hydrolysis) is 1. The summed E-state index contributed by atoms with van der Waals surface area (Å²) in [5, 5.41) is 25.2. The topological polar surface area (TPSA) is 210 Å². The summed E-state index contributed by atoms with van der Waals surface area (Å²) in [6.45, 7) is 11.6. The largest absolute Gasteiger partial charge is 0.444 e. The molecule has 2 aliphatic rings. The fourth-order valence-electron chi connectivity index (χ4n) is 7.91. The fraction of sp³-hybridized carbons (Fsp3) is 0.489. The number of tetrazole rings is 1. The molecule has 0 radical (unpaired) electrons. The molecule has 0 bridgehead atoms.